The second-order valence-electron chi connectivity index (χ2n) is 5.04. The average molecular weight is 341 g/mol. The first kappa shape index (κ1) is 17.2. The minimum Gasteiger partial charge on any atom is -0.322 e. The number of rotatable bonds is 5. The molecule has 9 heteroatoms. The van der Waals surface area contributed by atoms with E-state index in [9.17, 15) is 24.1 Å². The third kappa shape index (κ3) is 3.98. The van der Waals surface area contributed by atoms with Gasteiger partial charge in [-0.1, -0.05) is 6.92 Å². The molecule has 1 saturated heterocycles. The Bertz CT molecular complexity index is 640. The second-order valence-corrected chi connectivity index (χ2v) is 6.04. The SMILES string of the molecule is CCCC(=O)N1CSCC1C(=O)Nc1cc([N+](=O)[O-])ccc1F. The lowest BCUT2D eigenvalue weighted by molar-refractivity contribution is -0.384. The Morgan fingerprint density at radius 3 is 2.91 bits per heavy atom. The van der Waals surface area contributed by atoms with Crippen molar-refractivity contribution >= 4 is 35.0 Å². The normalized spacial score (nSPS) is 17.1. The smallest absolute Gasteiger partial charge is 0.271 e. The standard InChI is InChI=1S/C14H16FN3O4S/c1-2-3-13(19)17-8-23-7-12(17)14(20)16-11-6-9(18(21)22)4-5-10(11)15/h4-6,12H,2-3,7-8H2,1H3,(H,16,20). The number of anilines is 1. The number of non-ortho nitro benzene ring substituents is 1. The van der Waals surface area contributed by atoms with Crippen LogP contribution in [-0.4, -0.2) is 39.3 Å². The number of thioether (sulfide) groups is 1. The van der Waals surface area contributed by atoms with Gasteiger partial charge < -0.3 is 10.2 Å². The molecule has 124 valence electrons. The zero-order valence-electron chi connectivity index (χ0n) is 12.5. The number of nitrogens with zero attached hydrogens (tertiary/aromatic N) is 2. The Labute approximate surface area is 136 Å². The van der Waals surface area contributed by atoms with Gasteiger partial charge in [-0.15, -0.1) is 11.8 Å². The van der Waals surface area contributed by atoms with Crippen molar-refractivity contribution in [2.24, 2.45) is 0 Å². The van der Waals surface area contributed by atoms with E-state index in [1.54, 1.807) is 0 Å². The summed E-state index contributed by atoms with van der Waals surface area (Å²) in [4.78, 5) is 35.8. The number of nitro benzene ring substituents is 1. The van der Waals surface area contributed by atoms with Gasteiger partial charge in [-0.3, -0.25) is 19.7 Å². The molecule has 2 rings (SSSR count). The van der Waals surface area contributed by atoms with Crippen molar-refractivity contribution in [1.29, 1.82) is 0 Å². The highest BCUT2D eigenvalue weighted by Gasteiger charge is 2.34. The summed E-state index contributed by atoms with van der Waals surface area (Å²) in [6.45, 7) is 1.87. The van der Waals surface area contributed by atoms with Crippen LogP contribution in [0.15, 0.2) is 18.2 Å². The van der Waals surface area contributed by atoms with Crippen molar-refractivity contribution in [3.63, 3.8) is 0 Å². The molecule has 23 heavy (non-hydrogen) atoms. The second kappa shape index (κ2) is 7.40. The van der Waals surface area contributed by atoms with Crippen LogP contribution < -0.4 is 5.32 Å². The van der Waals surface area contributed by atoms with Gasteiger partial charge in [0.05, 0.1) is 16.5 Å². The first-order chi connectivity index (χ1) is 10.9. The third-order valence-corrected chi connectivity index (χ3v) is 4.40. The van der Waals surface area contributed by atoms with E-state index in [2.05, 4.69) is 5.32 Å². The summed E-state index contributed by atoms with van der Waals surface area (Å²) in [5.41, 5.74) is -0.578. The van der Waals surface area contributed by atoms with Gasteiger partial charge in [0.15, 0.2) is 0 Å². The Balaban J connectivity index is 2.13. The molecular weight excluding hydrogens is 325 g/mol. The number of nitro groups is 1. The molecular formula is C14H16FN3O4S. The van der Waals surface area contributed by atoms with Crippen molar-refractivity contribution in [3.05, 3.63) is 34.1 Å². The molecule has 0 aliphatic carbocycles. The summed E-state index contributed by atoms with van der Waals surface area (Å²) in [7, 11) is 0. The number of amides is 2. The molecule has 1 aliphatic heterocycles. The quantitative estimate of drug-likeness (QED) is 0.656. The van der Waals surface area contributed by atoms with Crippen LogP contribution in [0.3, 0.4) is 0 Å². The van der Waals surface area contributed by atoms with Crippen LogP contribution in [0.5, 0.6) is 0 Å². The maximum absolute atomic E-state index is 13.7. The van der Waals surface area contributed by atoms with Crippen molar-refractivity contribution < 1.29 is 18.9 Å². The highest BCUT2D eigenvalue weighted by Crippen LogP contribution is 2.25. The van der Waals surface area contributed by atoms with Gasteiger partial charge in [0.2, 0.25) is 11.8 Å². The fourth-order valence-electron chi connectivity index (χ4n) is 2.20. The highest BCUT2D eigenvalue weighted by atomic mass is 32.2. The van der Waals surface area contributed by atoms with Crippen molar-refractivity contribution in [2.75, 3.05) is 16.9 Å². The molecule has 1 aliphatic rings. The van der Waals surface area contributed by atoms with E-state index in [1.165, 1.54) is 16.7 Å². The fraction of sp³-hybridized carbons (Fsp3) is 0.429. The van der Waals surface area contributed by atoms with Gasteiger partial charge in [-0.25, -0.2) is 4.39 Å². The lowest BCUT2D eigenvalue weighted by Gasteiger charge is -2.23. The molecule has 1 N–H and O–H groups in total. The molecule has 1 heterocycles. The predicted molar refractivity (Wildman–Crippen MR) is 84.6 cm³/mol. The minimum absolute atomic E-state index is 0.128. The zero-order valence-corrected chi connectivity index (χ0v) is 13.3. The summed E-state index contributed by atoms with van der Waals surface area (Å²) < 4.78 is 13.7. The van der Waals surface area contributed by atoms with Gasteiger partial charge in [0.25, 0.3) is 5.69 Å². The Kier molecular flexibility index (Phi) is 5.54. The summed E-state index contributed by atoms with van der Waals surface area (Å²) >= 11 is 1.44. The van der Waals surface area contributed by atoms with Crippen molar-refractivity contribution in [1.82, 2.24) is 4.90 Å². The molecule has 0 saturated carbocycles. The molecule has 1 atom stereocenters. The number of carbonyl (C=O) groups is 2. The number of hydrogen-bond acceptors (Lipinski definition) is 5. The maximum atomic E-state index is 13.7. The third-order valence-electron chi connectivity index (χ3n) is 3.39. The van der Waals surface area contributed by atoms with Gasteiger partial charge in [0.1, 0.15) is 11.9 Å². The average Bonchev–Trinajstić information content (AvgIpc) is 2.99. The number of hydrogen-bond donors (Lipinski definition) is 1. The number of carbonyl (C=O) groups excluding carboxylic acids is 2. The molecule has 0 bridgehead atoms. The molecule has 1 fully saturated rings. The molecule has 0 radical (unpaired) electrons. The van der Waals surface area contributed by atoms with Crippen molar-refractivity contribution in [2.45, 2.75) is 25.8 Å². The Morgan fingerprint density at radius 1 is 1.52 bits per heavy atom. The molecule has 0 spiro atoms. The number of nitrogens with one attached hydrogen (secondary N) is 1. The monoisotopic (exact) mass is 341 g/mol. The van der Waals surface area contributed by atoms with E-state index in [4.69, 9.17) is 0 Å². The molecule has 7 nitrogen and oxygen atoms in total. The highest BCUT2D eigenvalue weighted by molar-refractivity contribution is 7.99. The lowest BCUT2D eigenvalue weighted by atomic mass is 10.2. The van der Waals surface area contributed by atoms with Gasteiger partial charge in [-0.05, 0) is 12.5 Å². The molecule has 1 aromatic rings. The molecule has 1 unspecified atom stereocenters. The molecule has 0 aromatic heterocycles. The van der Waals surface area contributed by atoms with Gasteiger partial charge >= 0.3 is 0 Å². The minimum atomic E-state index is -0.763. The van der Waals surface area contributed by atoms with Crippen LogP contribution in [0.4, 0.5) is 15.8 Å². The fourth-order valence-corrected chi connectivity index (χ4v) is 3.38. The predicted octanol–water partition coefficient (Wildman–Crippen LogP) is 2.37. The van der Waals surface area contributed by atoms with Gasteiger partial charge in [-0.2, -0.15) is 0 Å². The molecule has 2 amide bonds. The number of halogens is 1. The Hall–Kier alpha value is -2.16. The van der Waals surface area contributed by atoms with Gasteiger partial charge in [0, 0.05) is 24.3 Å². The van der Waals surface area contributed by atoms with Crippen LogP contribution in [0.1, 0.15) is 19.8 Å². The largest absolute Gasteiger partial charge is 0.322 e. The summed E-state index contributed by atoms with van der Waals surface area (Å²) in [5, 5.41) is 13.1. The maximum Gasteiger partial charge on any atom is 0.271 e. The van der Waals surface area contributed by atoms with E-state index in [-0.39, 0.29) is 17.3 Å². The summed E-state index contributed by atoms with van der Waals surface area (Å²) in [6, 6.07) is 2.22. The van der Waals surface area contributed by atoms with Crippen LogP contribution in [0.2, 0.25) is 0 Å². The van der Waals surface area contributed by atoms with E-state index in [1.807, 2.05) is 6.92 Å². The van der Waals surface area contributed by atoms with Crippen LogP contribution in [-0.2, 0) is 9.59 Å². The summed E-state index contributed by atoms with van der Waals surface area (Å²) in [6.07, 6.45) is 1.02. The summed E-state index contributed by atoms with van der Waals surface area (Å²) in [5.74, 6) is -0.608. The van der Waals surface area contributed by atoms with E-state index in [0.29, 0.717) is 24.5 Å². The van der Waals surface area contributed by atoms with Crippen LogP contribution in [0, 0.1) is 15.9 Å². The first-order valence-corrected chi connectivity index (χ1v) is 8.21. The van der Waals surface area contributed by atoms with E-state index < -0.39 is 22.7 Å². The number of benzene rings is 1. The zero-order chi connectivity index (χ0) is 17.0. The van der Waals surface area contributed by atoms with Crippen LogP contribution >= 0.6 is 11.8 Å². The topological polar surface area (TPSA) is 92.6 Å². The molecule has 1 aromatic carbocycles. The van der Waals surface area contributed by atoms with E-state index >= 15 is 0 Å². The van der Waals surface area contributed by atoms with Crippen LogP contribution in [0.25, 0.3) is 0 Å². The van der Waals surface area contributed by atoms with Crippen molar-refractivity contribution in [3.8, 4) is 0 Å². The lowest BCUT2D eigenvalue weighted by Crippen LogP contribution is -2.44. The Morgan fingerprint density at radius 2 is 2.26 bits per heavy atom. The van der Waals surface area contributed by atoms with E-state index in [0.717, 1.165) is 18.2 Å². The first-order valence-electron chi connectivity index (χ1n) is 7.06.